The quantitative estimate of drug-likeness (QED) is 0.644. The molecule has 2 rings (SSSR count). The molecule has 2 fully saturated rings. The largest absolute Gasteiger partial charge is 0.465 e. The number of ether oxygens (including phenoxy) is 1. The first-order valence-electron chi connectivity index (χ1n) is 7.74. The molecular formula is C14H26N2O4S. The van der Waals surface area contributed by atoms with Crippen LogP contribution in [0.1, 0.15) is 32.6 Å². The molecule has 0 bridgehead atoms. The van der Waals surface area contributed by atoms with Gasteiger partial charge in [-0.2, -0.15) is 0 Å². The minimum atomic E-state index is -2.86. The fraction of sp³-hybridized carbons (Fsp3) is 0.929. The van der Waals surface area contributed by atoms with Crippen molar-refractivity contribution in [1.29, 1.82) is 0 Å². The second-order valence-electron chi connectivity index (χ2n) is 6.07. The summed E-state index contributed by atoms with van der Waals surface area (Å²) < 4.78 is 28.1. The van der Waals surface area contributed by atoms with Crippen molar-refractivity contribution in [3.05, 3.63) is 0 Å². The van der Waals surface area contributed by atoms with Crippen molar-refractivity contribution in [2.75, 3.05) is 31.7 Å². The number of esters is 1. The lowest BCUT2D eigenvalue weighted by atomic mass is 10.1. The predicted molar refractivity (Wildman–Crippen MR) is 80.9 cm³/mol. The maximum Gasteiger partial charge on any atom is 0.323 e. The van der Waals surface area contributed by atoms with Crippen molar-refractivity contribution in [1.82, 2.24) is 10.2 Å². The van der Waals surface area contributed by atoms with Gasteiger partial charge >= 0.3 is 5.97 Å². The summed E-state index contributed by atoms with van der Waals surface area (Å²) in [5.41, 5.74) is 0. The predicted octanol–water partition coefficient (Wildman–Crippen LogP) is 0.179. The minimum Gasteiger partial charge on any atom is -0.465 e. The lowest BCUT2D eigenvalue weighted by Gasteiger charge is -2.25. The average molecular weight is 318 g/mol. The first kappa shape index (κ1) is 16.7. The van der Waals surface area contributed by atoms with Gasteiger partial charge in [0.1, 0.15) is 6.04 Å². The van der Waals surface area contributed by atoms with Crippen molar-refractivity contribution in [2.24, 2.45) is 0 Å². The molecule has 7 heteroatoms. The van der Waals surface area contributed by atoms with E-state index in [-0.39, 0.29) is 29.6 Å². The van der Waals surface area contributed by atoms with Crippen LogP contribution < -0.4 is 5.32 Å². The molecular weight excluding hydrogens is 292 g/mol. The first-order chi connectivity index (χ1) is 9.91. The summed E-state index contributed by atoms with van der Waals surface area (Å²) in [6.45, 7) is 2.89. The van der Waals surface area contributed by atoms with Gasteiger partial charge in [-0.3, -0.25) is 4.79 Å². The fourth-order valence-corrected chi connectivity index (χ4v) is 4.49. The topological polar surface area (TPSA) is 75.7 Å². The number of carbonyl (C=O) groups excluding carboxylic acids is 1. The molecule has 1 saturated heterocycles. The molecule has 1 N–H and O–H groups in total. The molecule has 0 aromatic rings. The molecule has 2 aliphatic rings. The molecule has 122 valence electrons. The van der Waals surface area contributed by atoms with E-state index in [0.29, 0.717) is 32.0 Å². The summed E-state index contributed by atoms with van der Waals surface area (Å²) >= 11 is 0. The van der Waals surface area contributed by atoms with Gasteiger partial charge in [-0.15, -0.1) is 0 Å². The van der Waals surface area contributed by atoms with Gasteiger partial charge in [-0.05, 0) is 39.7 Å². The fourth-order valence-electron chi connectivity index (χ4n) is 2.68. The van der Waals surface area contributed by atoms with Crippen LogP contribution in [0.5, 0.6) is 0 Å². The summed E-state index contributed by atoms with van der Waals surface area (Å²) in [7, 11) is -0.927. The molecule has 0 radical (unpaired) electrons. The summed E-state index contributed by atoms with van der Waals surface area (Å²) in [6, 6.07) is 0.244. The van der Waals surface area contributed by atoms with Gasteiger partial charge in [-0.1, -0.05) is 0 Å². The van der Waals surface area contributed by atoms with Crippen LogP contribution in [0.3, 0.4) is 0 Å². The highest BCUT2D eigenvalue weighted by atomic mass is 32.2. The Morgan fingerprint density at radius 3 is 2.62 bits per heavy atom. The van der Waals surface area contributed by atoms with E-state index in [9.17, 15) is 13.2 Å². The van der Waals surface area contributed by atoms with Gasteiger partial charge in [0.25, 0.3) is 0 Å². The van der Waals surface area contributed by atoms with Crippen LogP contribution in [0.2, 0.25) is 0 Å². The van der Waals surface area contributed by atoms with Crippen LogP contribution in [0, 0.1) is 0 Å². The van der Waals surface area contributed by atoms with Gasteiger partial charge in [0.05, 0.1) is 18.1 Å². The zero-order valence-corrected chi connectivity index (χ0v) is 13.7. The summed E-state index contributed by atoms with van der Waals surface area (Å²) in [4.78, 5) is 14.0. The van der Waals surface area contributed by atoms with E-state index >= 15 is 0 Å². The molecule has 0 aromatic heterocycles. The third-order valence-corrected chi connectivity index (χ3v) is 5.94. The molecule has 1 saturated carbocycles. The van der Waals surface area contributed by atoms with E-state index in [4.69, 9.17) is 4.74 Å². The molecule has 1 aliphatic carbocycles. The van der Waals surface area contributed by atoms with Crippen molar-refractivity contribution in [3.8, 4) is 0 Å². The molecule has 2 unspecified atom stereocenters. The lowest BCUT2D eigenvalue weighted by Crippen LogP contribution is -2.43. The molecule has 0 aromatic carbocycles. The maximum atomic E-state index is 11.9. The Kier molecular flexibility index (Phi) is 5.62. The van der Waals surface area contributed by atoms with Crippen molar-refractivity contribution < 1.29 is 17.9 Å². The molecule has 0 amide bonds. The monoisotopic (exact) mass is 318 g/mol. The van der Waals surface area contributed by atoms with Crippen molar-refractivity contribution in [3.63, 3.8) is 0 Å². The van der Waals surface area contributed by atoms with Gasteiger partial charge < -0.3 is 15.0 Å². The van der Waals surface area contributed by atoms with E-state index in [0.717, 1.165) is 12.8 Å². The standard InChI is InChI=1S/C14H26N2O4S/c1-3-20-14(17)13(15-11-4-5-11)6-8-16(2)12-7-9-21(18,19)10-12/h11-13,15H,3-10H2,1-2H3. The van der Waals surface area contributed by atoms with Gasteiger partial charge in [-0.25, -0.2) is 8.42 Å². The molecule has 21 heavy (non-hydrogen) atoms. The van der Waals surface area contributed by atoms with Crippen molar-refractivity contribution in [2.45, 2.75) is 50.7 Å². The van der Waals surface area contributed by atoms with Crippen LogP contribution in [0.4, 0.5) is 0 Å². The number of nitrogens with one attached hydrogen (secondary N) is 1. The molecule has 1 aliphatic heterocycles. The SMILES string of the molecule is CCOC(=O)C(CCN(C)C1CCS(=O)(=O)C1)NC1CC1. The van der Waals surface area contributed by atoms with Crippen LogP contribution in [0.15, 0.2) is 0 Å². The highest BCUT2D eigenvalue weighted by Gasteiger charge is 2.32. The average Bonchev–Trinajstić information content (AvgIpc) is 3.16. The third kappa shape index (κ3) is 5.23. The van der Waals surface area contributed by atoms with Gasteiger partial charge in [0, 0.05) is 18.6 Å². The molecule has 6 nitrogen and oxygen atoms in total. The third-order valence-electron chi connectivity index (χ3n) is 4.19. The Bertz CT molecular complexity index is 462. The second kappa shape index (κ2) is 7.07. The number of hydrogen-bond acceptors (Lipinski definition) is 6. The summed E-state index contributed by atoms with van der Waals surface area (Å²) in [5, 5.41) is 3.32. The smallest absolute Gasteiger partial charge is 0.323 e. The van der Waals surface area contributed by atoms with Crippen molar-refractivity contribution >= 4 is 15.8 Å². The molecule has 0 spiro atoms. The normalized spacial score (nSPS) is 26.0. The van der Waals surface area contributed by atoms with Gasteiger partial charge in [0.15, 0.2) is 9.84 Å². The van der Waals surface area contributed by atoms with E-state index in [1.165, 1.54) is 0 Å². The summed E-state index contributed by atoms with van der Waals surface area (Å²) in [6.07, 6.45) is 3.58. The van der Waals surface area contributed by atoms with E-state index < -0.39 is 9.84 Å². The Balaban J connectivity index is 1.81. The Labute approximate surface area is 127 Å². The Hall–Kier alpha value is -0.660. The Morgan fingerprint density at radius 1 is 1.38 bits per heavy atom. The number of sulfone groups is 1. The minimum absolute atomic E-state index is 0.0822. The zero-order valence-electron chi connectivity index (χ0n) is 12.9. The van der Waals surface area contributed by atoms with Gasteiger partial charge in [0.2, 0.25) is 0 Å². The zero-order chi connectivity index (χ0) is 15.5. The van der Waals surface area contributed by atoms with E-state index in [2.05, 4.69) is 10.2 Å². The lowest BCUT2D eigenvalue weighted by molar-refractivity contribution is -0.146. The summed E-state index contributed by atoms with van der Waals surface area (Å²) in [5.74, 6) is 0.324. The highest BCUT2D eigenvalue weighted by Crippen LogP contribution is 2.21. The maximum absolute atomic E-state index is 11.9. The van der Waals surface area contributed by atoms with E-state index in [1.54, 1.807) is 0 Å². The van der Waals surface area contributed by atoms with Crippen LogP contribution in [-0.2, 0) is 19.4 Å². The molecule has 1 heterocycles. The number of hydrogen-bond donors (Lipinski definition) is 1. The molecule has 2 atom stereocenters. The second-order valence-corrected chi connectivity index (χ2v) is 8.30. The highest BCUT2D eigenvalue weighted by molar-refractivity contribution is 7.91. The van der Waals surface area contributed by atoms with Crippen LogP contribution in [-0.4, -0.2) is 69.1 Å². The number of carbonyl (C=O) groups is 1. The van der Waals surface area contributed by atoms with E-state index in [1.807, 2.05) is 14.0 Å². The van der Waals surface area contributed by atoms with Crippen LogP contribution in [0.25, 0.3) is 0 Å². The number of nitrogens with zero attached hydrogens (tertiary/aromatic N) is 1. The van der Waals surface area contributed by atoms with Crippen LogP contribution >= 0.6 is 0 Å². The Morgan fingerprint density at radius 2 is 2.10 bits per heavy atom. The first-order valence-corrected chi connectivity index (χ1v) is 9.56. The number of rotatable bonds is 8.